The standard InChI is InChI=1S/C11H15FN2O3/c1-6-4-14(11(16)13-7(6)2)10-9(12)3-8(5-15)17-10/h4,8-10,15H,3,5H2,1-2H3/t8?,9?,10-/m1/s1. The lowest BCUT2D eigenvalue weighted by Gasteiger charge is -2.17. The molecule has 2 heterocycles. The number of aromatic nitrogens is 2. The molecule has 1 saturated heterocycles. The van der Waals surface area contributed by atoms with E-state index in [1.165, 1.54) is 0 Å². The van der Waals surface area contributed by atoms with Crippen molar-refractivity contribution in [1.82, 2.24) is 9.55 Å². The van der Waals surface area contributed by atoms with Crippen molar-refractivity contribution in [3.8, 4) is 0 Å². The quantitative estimate of drug-likeness (QED) is 0.819. The first-order valence-corrected chi connectivity index (χ1v) is 5.49. The van der Waals surface area contributed by atoms with Gasteiger partial charge >= 0.3 is 5.69 Å². The van der Waals surface area contributed by atoms with Crippen LogP contribution in [0, 0.1) is 13.8 Å². The molecule has 1 aliphatic heterocycles. The predicted molar refractivity (Wildman–Crippen MR) is 58.5 cm³/mol. The number of aliphatic hydroxyl groups excluding tert-OH is 1. The molecule has 17 heavy (non-hydrogen) atoms. The van der Waals surface area contributed by atoms with Crippen LogP contribution < -0.4 is 5.69 Å². The van der Waals surface area contributed by atoms with Crippen molar-refractivity contribution in [3.63, 3.8) is 0 Å². The molecule has 0 spiro atoms. The highest BCUT2D eigenvalue weighted by molar-refractivity contribution is 5.12. The van der Waals surface area contributed by atoms with Crippen molar-refractivity contribution in [2.24, 2.45) is 0 Å². The Balaban J connectivity index is 2.35. The average Bonchev–Trinajstić information content (AvgIpc) is 2.65. The van der Waals surface area contributed by atoms with Gasteiger partial charge in [0, 0.05) is 18.3 Å². The summed E-state index contributed by atoms with van der Waals surface area (Å²) in [5.41, 5.74) is 0.894. The molecule has 1 aliphatic rings. The zero-order valence-corrected chi connectivity index (χ0v) is 9.76. The number of aryl methyl sites for hydroxylation is 2. The maximum absolute atomic E-state index is 13.7. The fourth-order valence-electron chi connectivity index (χ4n) is 1.89. The third-order valence-corrected chi connectivity index (χ3v) is 2.99. The second-order valence-corrected chi connectivity index (χ2v) is 4.28. The summed E-state index contributed by atoms with van der Waals surface area (Å²) in [4.78, 5) is 15.5. The lowest BCUT2D eigenvalue weighted by atomic mass is 10.2. The fraction of sp³-hybridized carbons (Fsp3) is 0.636. The second-order valence-electron chi connectivity index (χ2n) is 4.28. The summed E-state index contributed by atoms with van der Waals surface area (Å²) >= 11 is 0. The molecule has 0 radical (unpaired) electrons. The molecule has 0 aliphatic carbocycles. The van der Waals surface area contributed by atoms with E-state index in [1.807, 2.05) is 0 Å². The number of hydrogen-bond acceptors (Lipinski definition) is 4. The minimum absolute atomic E-state index is 0.0977. The van der Waals surface area contributed by atoms with Gasteiger partial charge in [-0.1, -0.05) is 0 Å². The monoisotopic (exact) mass is 242 g/mol. The van der Waals surface area contributed by atoms with Crippen molar-refractivity contribution in [2.45, 2.75) is 38.8 Å². The molecular weight excluding hydrogens is 227 g/mol. The number of halogens is 1. The molecule has 0 saturated carbocycles. The maximum Gasteiger partial charge on any atom is 0.350 e. The van der Waals surface area contributed by atoms with Gasteiger partial charge in [0.25, 0.3) is 0 Å². The summed E-state index contributed by atoms with van der Waals surface area (Å²) in [6.07, 6.45) is -1.19. The van der Waals surface area contributed by atoms with Crippen LogP contribution in [0.2, 0.25) is 0 Å². The Bertz CT molecular complexity index is 474. The van der Waals surface area contributed by atoms with Gasteiger partial charge in [-0.25, -0.2) is 9.18 Å². The van der Waals surface area contributed by atoms with Gasteiger partial charge in [-0.05, 0) is 19.4 Å². The topological polar surface area (TPSA) is 64.3 Å². The average molecular weight is 242 g/mol. The minimum atomic E-state index is -1.30. The van der Waals surface area contributed by atoms with Crippen LogP contribution >= 0.6 is 0 Å². The number of alkyl halides is 1. The molecule has 2 rings (SSSR count). The Morgan fingerprint density at radius 2 is 2.35 bits per heavy atom. The first-order valence-electron chi connectivity index (χ1n) is 5.49. The lowest BCUT2D eigenvalue weighted by Crippen LogP contribution is -2.31. The van der Waals surface area contributed by atoms with E-state index in [0.717, 1.165) is 10.1 Å². The van der Waals surface area contributed by atoms with Crippen LogP contribution in [0.5, 0.6) is 0 Å². The summed E-state index contributed by atoms with van der Waals surface area (Å²) in [6.45, 7) is 3.27. The number of nitrogens with zero attached hydrogens (tertiary/aromatic N) is 2. The van der Waals surface area contributed by atoms with Gasteiger partial charge in [0.15, 0.2) is 6.23 Å². The molecule has 0 amide bonds. The van der Waals surface area contributed by atoms with Gasteiger partial charge in [-0.3, -0.25) is 4.57 Å². The molecule has 1 N–H and O–H groups in total. The Morgan fingerprint density at radius 1 is 1.65 bits per heavy atom. The van der Waals surface area contributed by atoms with Crippen LogP contribution in [0.25, 0.3) is 0 Å². The highest BCUT2D eigenvalue weighted by atomic mass is 19.1. The van der Waals surface area contributed by atoms with Gasteiger partial charge in [0.1, 0.15) is 6.17 Å². The molecule has 6 heteroatoms. The van der Waals surface area contributed by atoms with E-state index in [-0.39, 0.29) is 13.0 Å². The zero-order valence-electron chi connectivity index (χ0n) is 9.76. The van der Waals surface area contributed by atoms with Gasteiger partial charge in [0.2, 0.25) is 0 Å². The van der Waals surface area contributed by atoms with Crippen molar-refractivity contribution >= 4 is 0 Å². The van der Waals surface area contributed by atoms with Crippen molar-refractivity contribution in [3.05, 3.63) is 27.9 Å². The number of hydrogen-bond donors (Lipinski definition) is 1. The highest BCUT2D eigenvalue weighted by Gasteiger charge is 2.37. The minimum Gasteiger partial charge on any atom is -0.394 e. The normalized spacial score (nSPS) is 28.6. The van der Waals surface area contributed by atoms with Gasteiger partial charge in [-0.15, -0.1) is 0 Å². The van der Waals surface area contributed by atoms with Crippen molar-refractivity contribution in [2.75, 3.05) is 6.61 Å². The number of aliphatic hydroxyl groups is 1. The number of rotatable bonds is 2. The van der Waals surface area contributed by atoms with E-state index < -0.39 is 24.2 Å². The van der Waals surface area contributed by atoms with Crippen LogP contribution in [-0.4, -0.2) is 33.5 Å². The third-order valence-electron chi connectivity index (χ3n) is 2.99. The van der Waals surface area contributed by atoms with Crippen LogP contribution in [-0.2, 0) is 4.74 Å². The lowest BCUT2D eigenvalue weighted by molar-refractivity contribution is -0.0394. The SMILES string of the molecule is Cc1cn([C@@H]2OC(CO)CC2F)c(=O)nc1C. The molecule has 2 unspecified atom stereocenters. The van der Waals surface area contributed by atoms with Gasteiger partial charge in [0.05, 0.1) is 12.7 Å². The van der Waals surface area contributed by atoms with Crippen molar-refractivity contribution < 1.29 is 14.2 Å². The van der Waals surface area contributed by atoms with Crippen LogP contribution in [0.4, 0.5) is 4.39 Å². The van der Waals surface area contributed by atoms with Crippen LogP contribution in [0.15, 0.2) is 11.0 Å². The molecular formula is C11H15FN2O3. The summed E-state index contributed by atoms with van der Waals surface area (Å²) in [6, 6.07) is 0. The molecule has 94 valence electrons. The fourth-order valence-corrected chi connectivity index (χ4v) is 1.89. The Morgan fingerprint density at radius 3 is 2.94 bits per heavy atom. The first-order chi connectivity index (χ1) is 8.02. The molecule has 0 aromatic carbocycles. The highest BCUT2D eigenvalue weighted by Crippen LogP contribution is 2.30. The third kappa shape index (κ3) is 2.23. The second kappa shape index (κ2) is 4.54. The summed E-state index contributed by atoms with van der Waals surface area (Å²) in [5.74, 6) is 0. The van der Waals surface area contributed by atoms with E-state index in [9.17, 15) is 9.18 Å². The molecule has 1 aromatic heterocycles. The molecule has 0 bridgehead atoms. The van der Waals surface area contributed by atoms with E-state index in [2.05, 4.69) is 4.98 Å². The van der Waals surface area contributed by atoms with Gasteiger partial charge < -0.3 is 9.84 Å². The predicted octanol–water partition coefficient (Wildman–Crippen LogP) is 0.478. The number of ether oxygens (including phenoxy) is 1. The molecule has 3 atom stereocenters. The molecule has 1 fully saturated rings. The van der Waals surface area contributed by atoms with E-state index >= 15 is 0 Å². The first kappa shape index (κ1) is 12.2. The Kier molecular flexibility index (Phi) is 3.26. The maximum atomic E-state index is 13.7. The van der Waals surface area contributed by atoms with E-state index in [1.54, 1.807) is 20.0 Å². The van der Waals surface area contributed by atoms with E-state index in [0.29, 0.717) is 5.69 Å². The summed E-state index contributed by atoms with van der Waals surface area (Å²) < 4.78 is 20.1. The van der Waals surface area contributed by atoms with Crippen molar-refractivity contribution in [1.29, 1.82) is 0 Å². The molecule has 5 nitrogen and oxygen atoms in total. The summed E-state index contributed by atoms with van der Waals surface area (Å²) in [7, 11) is 0. The molecule has 1 aromatic rings. The van der Waals surface area contributed by atoms with Crippen LogP contribution in [0.3, 0.4) is 0 Å². The summed E-state index contributed by atoms with van der Waals surface area (Å²) in [5, 5.41) is 8.92. The van der Waals surface area contributed by atoms with E-state index in [4.69, 9.17) is 9.84 Å². The zero-order chi connectivity index (χ0) is 12.6. The van der Waals surface area contributed by atoms with Gasteiger partial charge in [-0.2, -0.15) is 4.98 Å². The largest absolute Gasteiger partial charge is 0.394 e. The smallest absolute Gasteiger partial charge is 0.350 e. The Hall–Kier alpha value is -1.27. The Labute approximate surface area is 97.9 Å². The van der Waals surface area contributed by atoms with Crippen LogP contribution in [0.1, 0.15) is 23.9 Å².